The summed E-state index contributed by atoms with van der Waals surface area (Å²) in [7, 11) is 0. The van der Waals surface area contributed by atoms with Crippen LogP contribution in [0, 0.1) is 0 Å². The Hall–Kier alpha value is -0.610. The van der Waals surface area contributed by atoms with Crippen molar-refractivity contribution in [3.05, 3.63) is 0 Å². The number of hydrogen-bond acceptors (Lipinski definition) is 3. The first kappa shape index (κ1) is 22.7. The number of hydrogen-bond donors (Lipinski definition) is 1. The molecule has 0 aliphatic carbocycles. The van der Waals surface area contributed by atoms with Gasteiger partial charge < -0.3 is 14.8 Å². The third-order valence-corrected chi connectivity index (χ3v) is 2.80. The minimum absolute atomic E-state index is 0.141. The van der Waals surface area contributed by atoms with E-state index in [1.54, 1.807) is 0 Å². The number of amides is 1. The smallest absolute Gasteiger partial charge is 0.220 e. The van der Waals surface area contributed by atoms with Crippen LogP contribution in [0.5, 0.6) is 0 Å². The molecule has 1 amide bonds. The van der Waals surface area contributed by atoms with Crippen molar-refractivity contribution in [2.45, 2.75) is 72.6 Å². The summed E-state index contributed by atoms with van der Waals surface area (Å²) in [6.45, 7) is 11.5. The van der Waals surface area contributed by atoms with E-state index in [2.05, 4.69) is 19.2 Å². The lowest BCUT2D eigenvalue weighted by atomic mass is 10.1. The normalized spacial score (nSPS) is 9.90. The van der Waals surface area contributed by atoms with E-state index in [1.807, 2.05) is 13.8 Å². The molecular formula is C17H37NO3. The molecule has 0 atom stereocenters. The number of ether oxygens (including phenoxy) is 2. The predicted molar refractivity (Wildman–Crippen MR) is 89.7 cm³/mol. The van der Waals surface area contributed by atoms with Gasteiger partial charge in [0.2, 0.25) is 5.91 Å². The lowest BCUT2D eigenvalue weighted by Crippen LogP contribution is -2.27. The van der Waals surface area contributed by atoms with Crippen LogP contribution in [-0.4, -0.2) is 38.9 Å². The lowest BCUT2D eigenvalue weighted by Gasteiger charge is -2.07. The first-order chi connectivity index (χ1) is 10.3. The van der Waals surface area contributed by atoms with Gasteiger partial charge >= 0.3 is 0 Å². The van der Waals surface area contributed by atoms with E-state index >= 15 is 0 Å². The molecule has 4 nitrogen and oxygen atoms in total. The standard InChI is InChI=1S/C15H31NO3.C2H6/c1-3-5-6-7-8-9-15(17)16-10-12-19-14-13-18-11-4-2;1-2/h3-14H2,1-2H3,(H,16,17);1-2H3. The molecule has 0 aromatic rings. The Balaban J connectivity index is 0. The molecule has 4 heteroatoms. The summed E-state index contributed by atoms with van der Waals surface area (Å²) in [5, 5.41) is 2.87. The molecule has 128 valence electrons. The van der Waals surface area contributed by atoms with Crippen LogP contribution in [0.4, 0.5) is 0 Å². The van der Waals surface area contributed by atoms with E-state index in [4.69, 9.17) is 9.47 Å². The van der Waals surface area contributed by atoms with Crippen molar-refractivity contribution in [3.63, 3.8) is 0 Å². The highest BCUT2D eigenvalue weighted by Crippen LogP contribution is 2.04. The molecule has 0 spiro atoms. The largest absolute Gasteiger partial charge is 0.379 e. The molecule has 0 aliphatic rings. The van der Waals surface area contributed by atoms with Crippen molar-refractivity contribution in [1.29, 1.82) is 0 Å². The summed E-state index contributed by atoms with van der Waals surface area (Å²) in [6.07, 6.45) is 7.59. The molecule has 0 heterocycles. The Labute approximate surface area is 132 Å². The molecule has 0 saturated heterocycles. The van der Waals surface area contributed by atoms with Crippen LogP contribution in [-0.2, 0) is 14.3 Å². The Kier molecular flexibility index (Phi) is 23.4. The van der Waals surface area contributed by atoms with Gasteiger partial charge in [-0.3, -0.25) is 4.79 Å². The van der Waals surface area contributed by atoms with Gasteiger partial charge in [-0.25, -0.2) is 0 Å². The zero-order valence-corrected chi connectivity index (χ0v) is 14.7. The van der Waals surface area contributed by atoms with E-state index < -0.39 is 0 Å². The number of unbranched alkanes of at least 4 members (excludes halogenated alkanes) is 4. The van der Waals surface area contributed by atoms with Gasteiger partial charge in [0.05, 0.1) is 19.8 Å². The molecule has 0 fully saturated rings. The highest BCUT2D eigenvalue weighted by atomic mass is 16.5. The topological polar surface area (TPSA) is 47.6 Å². The zero-order valence-electron chi connectivity index (χ0n) is 14.7. The van der Waals surface area contributed by atoms with Crippen molar-refractivity contribution >= 4 is 5.91 Å². The fraction of sp³-hybridized carbons (Fsp3) is 0.941. The van der Waals surface area contributed by atoms with Gasteiger partial charge in [-0.05, 0) is 12.8 Å². The van der Waals surface area contributed by atoms with Gasteiger partial charge in [0.1, 0.15) is 0 Å². The average molecular weight is 303 g/mol. The van der Waals surface area contributed by atoms with Crippen molar-refractivity contribution in [2.75, 3.05) is 33.0 Å². The van der Waals surface area contributed by atoms with Crippen molar-refractivity contribution in [2.24, 2.45) is 0 Å². The molecule has 0 bridgehead atoms. The first-order valence-electron chi connectivity index (χ1n) is 8.73. The highest BCUT2D eigenvalue weighted by Gasteiger charge is 2.00. The van der Waals surface area contributed by atoms with Crippen LogP contribution in [0.2, 0.25) is 0 Å². The maximum absolute atomic E-state index is 11.5. The van der Waals surface area contributed by atoms with E-state index in [9.17, 15) is 4.79 Å². The van der Waals surface area contributed by atoms with E-state index in [0.29, 0.717) is 32.8 Å². The van der Waals surface area contributed by atoms with Gasteiger partial charge in [-0.1, -0.05) is 53.4 Å². The van der Waals surface area contributed by atoms with Crippen molar-refractivity contribution in [1.82, 2.24) is 5.32 Å². The number of rotatable bonds is 14. The Morgan fingerprint density at radius 1 is 0.810 bits per heavy atom. The number of carbonyl (C=O) groups excluding carboxylic acids is 1. The van der Waals surface area contributed by atoms with Gasteiger partial charge in [-0.2, -0.15) is 0 Å². The van der Waals surface area contributed by atoms with Crippen molar-refractivity contribution < 1.29 is 14.3 Å². The summed E-state index contributed by atoms with van der Waals surface area (Å²) < 4.78 is 10.6. The third-order valence-electron chi connectivity index (χ3n) is 2.80. The lowest BCUT2D eigenvalue weighted by molar-refractivity contribution is -0.121. The monoisotopic (exact) mass is 303 g/mol. The molecular weight excluding hydrogens is 266 g/mol. The second-order valence-electron chi connectivity index (χ2n) is 4.74. The summed E-state index contributed by atoms with van der Waals surface area (Å²) in [6, 6.07) is 0. The second-order valence-corrected chi connectivity index (χ2v) is 4.74. The molecule has 0 rings (SSSR count). The number of nitrogens with one attached hydrogen (secondary N) is 1. The summed E-state index contributed by atoms with van der Waals surface area (Å²) >= 11 is 0. The molecule has 0 unspecified atom stereocenters. The third kappa shape index (κ3) is 21.8. The summed E-state index contributed by atoms with van der Waals surface area (Å²) in [5.74, 6) is 0.141. The van der Waals surface area contributed by atoms with Crippen molar-refractivity contribution in [3.8, 4) is 0 Å². The molecule has 0 radical (unpaired) electrons. The molecule has 0 aromatic heterocycles. The predicted octanol–water partition coefficient (Wildman–Crippen LogP) is 3.93. The molecule has 0 saturated carbocycles. The second kappa shape index (κ2) is 21.7. The van der Waals surface area contributed by atoms with E-state index in [0.717, 1.165) is 25.9 Å². The minimum atomic E-state index is 0.141. The van der Waals surface area contributed by atoms with E-state index in [1.165, 1.54) is 19.3 Å². The Bertz CT molecular complexity index is 198. The summed E-state index contributed by atoms with van der Waals surface area (Å²) in [4.78, 5) is 11.5. The Morgan fingerprint density at radius 3 is 2.05 bits per heavy atom. The molecule has 0 aromatic carbocycles. The van der Waals surface area contributed by atoms with E-state index in [-0.39, 0.29) is 5.91 Å². The quantitative estimate of drug-likeness (QED) is 0.495. The average Bonchev–Trinajstić information content (AvgIpc) is 2.52. The zero-order chi connectivity index (χ0) is 16.2. The Morgan fingerprint density at radius 2 is 1.43 bits per heavy atom. The van der Waals surface area contributed by atoms with Crippen LogP contribution in [0.1, 0.15) is 72.6 Å². The van der Waals surface area contributed by atoms with Crippen LogP contribution >= 0.6 is 0 Å². The molecule has 1 N–H and O–H groups in total. The minimum Gasteiger partial charge on any atom is -0.379 e. The van der Waals surface area contributed by atoms with Gasteiger partial charge in [-0.15, -0.1) is 0 Å². The van der Waals surface area contributed by atoms with Gasteiger partial charge in [0, 0.05) is 19.6 Å². The first-order valence-corrected chi connectivity index (χ1v) is 8.73. The molecule has 21 heavy (non-hydrogen) atoms. The van der Waals surface area contributed by atoms with Gasteiger partial charge in [0.15, 0.2) is 0 Å². The van der Waals surface area contributed by atoms with Crippen LogP contribution in [0.3, 0.4) is 0 Å². The molecule has 0 aliphatic heterocycles. The fourth-order valence-electron chi connectivity index (χ4n) is 1.71. The highest BCUT2D eigenvalue weighted by molar-refractivity contribution is 5.75. The van der Waals surface area contributed by atoms with Crippen LogP contribution in [0.25, 0.3) is 0 Å². The maximum atomic E-state index is 11.5. The number of carbonyl (C=O) groups is 1. The van der Waals surface area contributed by atoms with Crippen LogP contribution < -0.4 is 5.32 Å². The van der Waals surface area contributed by atoms with Crippen LogP contribution in [0.15, 0.2) is 0 Å². The summed E-state index contributed by atoms with van der Waals surface area (Å²) in [5.41, 5.74) is 0. The SMILES string of the molecule is CC.CCCCCCCC(=O)NCCOCCOCCC. The fourth-order valence-corrected chi connectivity index (χ4v) is 1.71. The maximum Gasteiger partial charge on any atom is 0.220 e. The van der Waals surface area contributed by atoms with Gasteiger partial charge in [0.25, 0.3) is 0 Å².